The van der Waals surface area contributed by atoms with Gasteiger partial charge in [-0.15, -0.1) is 0 Å². The van der Waals surface area contributed by atoms with Crippen LogP contribution in [0.5, 0.6) is 5.75 Å². The third-order valence-electron chi connectivity index (χ3n) is 2.21. The molecule has 0 amide bonds. The second kappa shape index (κ2) is 6.48. The second-order valence-corrected chi connectivity index (χ2v) is 3.55. The lowest BCUT2D eigenvalue weighted by molar-refractivity contribution is 0.288. The molecule has 0 heterocycles. The molecule has 0 aliphatic carbocycles. The lowest BCUT2D eigenvalue weighted by Gasteiger charge is -2.06. The van der Waals surface area contributed by atoms with E-state index in [1.54, 1.807) is 6.07 Å². The van der Waals surface area contributed by atoms with Crippen LogP contribution in [0.4, 0.5) is 0 Å². The van der Waals surface area contributed by atoms with Crippen LogP contribution in [0.2, 0.25) is 0 Å². The van der Waals surface area contributed by atoms with Crippen LogP contribution in [-0.2, 0) is 6.42 Å². The average Bonchev–Trinajstić information content (AvgIpc) is 2.18. The van der Waals surface area contributed by atoms with Gasteiger partial charge in [-0.2, -0.15) is 0 Å². The van der Waals surface area contributed by atoms with Gasteiger partial charge in [0.1, 0.15) is 5.75 Å². The van der Waals surface area contributed by atoms with Crippen molar-refractivity contribution in [3.05, 3.63) is 29.8 Å². The summed E-state index contributed by atoms with van der Waals surface area (Å²) in [6, 6.07) is 7.43. The largest absolute Gasteiger partial charge is 0.707 e. The van der Waals surface area contributed by atoms with Gasteiger partial charge in [-0.3, -0.25) is 0 Å². The summed E-state index contributed by atoms with van der Waals surface area (Å²) in [5, 5.41) is 17.3. The molecule has 4 heteroatoms. The molecular formula is C11H17BO3. The predicted octanol–water partition coefficient (Wildman–Crippen LogP) is 1.77. The van der Waals surface area contributed by atoms with Gasteiger partial charge in [0.05, 0.1) is 0 Å². The lowest BCUT2D eigenvalue weighted by Crippen LogP contribution is -2.20. The molecule has 0 saturated heterocycles. The molecule has 0 fully saturated rings. The van der Waals surface area contributed by atoms with Crippen LogP contribution in [0.25, 0.3) is 0 Å². The first-order valence-corrected chi connectivity index (χ1v) is 5.34. The average molecular weight is 208 g/mol. The number of hydrogen-bond donors (Lipinski definition) is 2. The summed E-state index contributed by atoms with van der Waals surface area (Å²) < 4.78 is 4.77. The Kier molecular flexibility index (Phi) is 5.22. The fraction of sp³-hybridized carbons (Fsp3) is 0.455. The highest BCUT2D eigenvalue weighted by Crippen LogP contribution is 2.15. The first-order chi connectivity index (χ1) is 7.22. The van der Waals surface area contributed by atoms with Gasteiger partial charge < -0.3 is 14.7 Å². The minimum absolute atomic E-state index is 0.499. The van der Waals surface area contributed by atoms with Crippen LogP contribution >= 0.6 is 0 Å². The number of aryl methyl sites for hydroxylation is 1. The Bertz CT molecular complexity index is 289. The van der Waals surface area contributed by atoms with E-state index < -0.39 is 7.32 Å². The van der Waals surface area contributed by atoms with E-state index in [2.05, 4.69) is 6.92 Å². The van der Waals surface area contributed by atoms with Crippen LogP contribution < -0.4 is 4.65 Å². The van der Waals surface area contributed by atoms with Crippen LogP contribution in [0.15, 0.2) is 24.3 Å². The fourth-order valence-electron chi connectivity index (χ4n) is 1.48. The third kappa shape index (κ3) is 4.86. The van der Waals surface area contributed by atoms with Crippen molar-refractivity contribution in [2.24, 2.45) is 0 Å². The molecule has 2 N–H and O–H groups in total. The molecule has 0 aliphatic rings. The Balaban J connectivity index is 2.50. The van der Waals surface area contributed by atoms with Gasteiger partial charge in [-0.25, -0.2) is 0 Å². The topological polar surface area (TPSA) is 49.7 Å². The Hall–Kier alpha value is -0.995. The zero-order chi connectivity index (χ0) is 11.1. The molecule has 0 spiro atoms. The van der Waals surface area contributed by atoms with E-state index in [0.29, 0.717) is 5.75 Å². The molecule has 1 aromatic carbocycles. The van der Waals surface area contributed by atoms with Crippen molar-refractivity contribution in [2.45, 2.75) is 32.6 Å². The van der Waals surface area contributed by atoms with Crippen LogP contribution in [0, 0.1) is 0 Å². The van der Waals surface area contributed by atoms with E-state index in [0.717, 1.165) is 12.8 Å². The maximum atomic E-state index is 8.64. The molecule has 82 valence electrons. The number of hydrogen-bond acceptors (Lipinski definition) is 3. The Labute approximate surface area is 90.9 Å². The van der Waals surface area contributed by atoms with Crippen molar-refractivity contribution in [1.29, 1.82) is 0 Å². The predicted molar refractivity (Wildman–Crippen MR) is 60.5 cm³/mol. The van der Waals surface area contributed by atoms with Gasteiger partial charge in [-0.05, 0) is 30.5 Å². The van der Waals surface area contributed by atoms with E-state index in [9.17, 15) is 0 Å². The smallest absolute Gasteiger partial charge is 0.512 e. The van der Waals surface area contributed by atoms with Gasteiger partial charge in [0.2, 0.25) is 0 Å². The summed E-state index contributed by atoms with van der Waals surface area (Å²) in [4.78, 5) is 0. The van der Waals surface area contributed by atoms with Crippen molar-refractivity contribution in [2.75, 3.05) is 0 Å². The molecule has 1 aromatic rings. The maximum Gasteiger partial charge on any atom is 0.707 e. The van der Waals surface area contributed by atoms with Gasteiger partial charge in [0.25, 0.3) is 0 Å². The number of unbranched alkanes of at least 4 members (excludes halogenated alkanes) is 2. The Morgan fingerprint density at radius 3 is 2.73 bits per heavy atom. The summed E-state index contributed by atoms with van der Waals surface area (Å²) in [6.07, 6.45) is 4.58. The van der Waals surface area contributed by atoms with Gasteiger partial charge in [0.15, 0.2) is 0 Å². The summed E-state index contributed by atoms with van der Waals surface area (Å²) >= 11 is 0. The van der Waals surface area contributed by atoms with Crippen molar-refractivity contribution in [1.82, 2.24) is 0 Å². The summed E-state index contributed by atoms with van der Waals surface area (Å²) in [6.45, 7) is 2.17. The summed E-state index contributed by atoms with van der Waals surface area (Å²) in [5.74, 6) is 0.499. The monoisotopic (exact) mass is 208 g/mol. The van der Waals surface area contributed by atoms with Crippen molar-refractivity contribution < 1.29 is 14.7 Å². The molecule has 0 radical (unpaired) electrons. The highest BCUT2D eigenvalue weighted by atomic mass is 16.6. The van der Waals surface area contributed by atoms with Gasteiger partial charge in [-0.1, -0.05) is 31.9 Å². The van der Waals surface area contributed by atoms with E-state index >= 15 is 0 Å². The zero-order valence-electron chi connectivity index (χ0n) is 9.02. The molecule has 0 aromatic heterocycles. The minimum Gasteiger partial charge on any atom is -0.512 e. The molecule has 15 heavy (non-hydrogen) atoms. The van der Waals surface area contributed by atoms with E-state index in [-0.39, 0.29) is 0 Å². The van der Waals surface area contributed by atoms with E-state index in [1.165, 1.54) is 18.4 Å². The number of benzene rings is 1. The van der Waals surface area contributed by atoms with Gasteiger partial charge >= 0.3 is 7.32 Å². The van der Waals surface area contributed by atoms with Gasteiger partial charge in [0, 0.05) is 0 Å². The van der Waals surface area contributed by atoms with E-state index in [1.807, 2.05) is 18.2 Å². The van der Waals surface area contributed by atoms with Crippen LogP contribution in [-0.4, -0.2) is 17.4 Å². The maximum absolute atomic E-state index is 8.64. The zero-order valence-corrected chi connectivity index (χ0v) is 9.02. The normalized spacial score (nSPS) is 10.1. The molecule has 0 unspecified atom stereocenters. The molecule has 0 saturated carbocycles. The molecule has 1 rings (SSSR count). The molecule has 3 nitrogen and oxygen atoms in total. The minimum atomic E-state index is -1.74. The first kappa shape index (κ1) is 12.1. The van der Waals surface area contributed by atoms with Crippen molar-refractivity contribution >= 4 is 7.32 Å². The van der Waals surface area contributed by atoms with Crippen molar-refractivity contribution in [3.63, 3.8) is 0 Å². The number of rotatable bonds is 6. The summed E-state index contributed by atoms with van der Waals surface area (Å²) in [5.41, 5.74) is 1.17. The second-order valence-electron chi connectivity index (χ2n) is 3.55. The highest BCUT2D eigenvalue weighted by Gasteiger charge is 2.10. The molecule has 0 atom stereocenters. The molecule has 0 bridgehead atoms. The van der Waals surface area contributed by atoms with Crippen LogP contribution in [0.3, 0.4) is 0 Å². The lowest BCUT2D eigenvalue weighted by atomic mass is 10.1. The molecule has 0 aliphatic heterocycles. The van der Waals surface area contributed by atoms with Crippen molar-refractivity contribution in [3.8, 4) is 5.75 Å². The standard InChI is InChI=1S/C11H17BO3/c1-2-3-4-6-10-7-5-8-11(9-10)15-12(13)14/h5,7-9,13-14H,2-4,6H2,1H3. The third-order valence-corrected chi connectivity index (χ3v) is 2.21. The quantitative estimate of drug-likeness (QED) is 0.553. The SMILES string of the molecule is CCCCCc1cccc(OB(O)O)c1. The Morgan fingerprint density at radius 2 is 2.07 bits per heavy atom. The fourth-order valence-corrected chi connectivity index (χ4v) is 1.48. The Morgan fingerprint density at radius 1 is 1.27 bits per heavy atom. The molecular weight excluding hydrogens is 191 g/mol. The van der Waals surface area contributed by atoms with Crippen LogP contribution in [0.1, 0.15) is 31.7 Å². The summed E-state index contributed by atoms with van der Waals surface area (Å²) in [7, 11) is -1.74. The van der Waals surface area contributed by atoms with E-state index in [4.69, 9.17) is 14.7 Å². The first-order valence-electron chi connectivity index (χ1n) is 5.34. The highest BCUT2D eigenvalue weighted by molar-refractivity contribution is 6.33.